The van der Waals surface area contributed by atoms with Gasteiger partial charge in [-0.25, -0.2) is 14.1 Å². The average Bonchev–Trinajstić information content (AvgIpc) is 3.05. The molecular formula is C16H15F4N7O. The summed E-state index contributed by atoms with van der Waals surface area (Å²) in [5.41, 5.74) is 3.92. The summed E-state index contributed by atoms with van der Waals surface area (Å²) in [6.45, 7) is 0. The Kier molecular flexibility index (Phi) is 4.79. The van der Waals surface area contributed by atoms with E-state index < -0.39 is 35.0 Å². The molecule has 0 aliphatic heterocycles. The van der Waals surface area contributed by atoms with E-state index in [9.17, 15) is 17.6 Å². The molecule has 3 N–H and O–H groups in total. The number of nitrogen functional groups attached to an aromatic ring is 1. The molecule has 0 atom stereocenters. The second-order valence-corrected chi connectivity index (χ2v) is 5.68. The molecule has 148 valence electrons. The maximum atomic E-state index is 14.8. The first kappa shape index (κ1) is 19.3. The Morgan fingerprint density at radius 1 is 1.18 bits per heavy atom. The molecule has 28 heavy (non-hydrogen) atoms. The third-order valence-electron chi connectivity index (χ3n) is 3.98. The normalized spacial score (nSPS) is 11.5. The molecule has 12 heteroatoms. The van der Waals surface area contributed by atoms with Crippen molar-refractivity contribution in [1.82, 2.24) is 25.0 Å². The molecule has 0 amide bonds. The van der Waals surface area contributed by atoms with E-state index in [2.05, 4.69) is 25.6 Å². The van der Waals surface area contributed by atoms with Crippen LogP contribution in [0.15, 0.2) is 18.3 Å². The molecule has 0 aliphatic carbocycles. The lowest BCUT2D eigenvalue weighted by molar-refractivity contribution is -0.136. The molecule has 0 aliphatic rings. The highest BCUT2D eigenvalue weighted by Gasteiger charge is 2.39. The van der Waals surface area contributed by atoms with Gasteiger partial charge in [0.05, 0.1) is 24.7 Å². The molecule has 0 fully saturated rings. The third-order valence-corrected chi connectivity index (χ3v) is 3.98. The van der Waals surface area contributed by atoms with Gasteiger partial charge in [0.2, 0.25) is 5.95 Å². The summed E-state index contributed by atoms with van der Waals surface area (Å²) >= 11 is 0. The first-order valence-corrected chi connectivity index (χ1v) is 7.82. The van der Waals surface area contributed by atoms with Crippen LogP contribution in [-0.2, 0) is 13.2 Å². The van der Waals surface area contributed by atoms with Crippen molar-refractivity contribution < 1.29 is 22.3 Å². The number of benzene rings is 1. The average molecular weight is 397 g/mol. The van der Waals surface area contributed by atoms with E-state index >= 15 is 0 Å². The van der Waals surface area contributed by atoms with E-state index in [1.165, 1.54) is 31.1 Å². The summed E-state index contributed by atoms with van der Waals surface area (Å²) in [6, 6.07) is 2.15. The van der Waals surface area contributed by atoms with E-state index in [4.69, 9.17) is 10.5 Å². The molecule has 2 heterocycles. The van der Waals surface area contributed by atoms with Crippen molar-refractivity contribution in [3.8, 4) is 28.3 Å². The molecule has 0 spiro atoms. The van der Waals surface area contributed by atoms with E-state index in [0.717, 1.165) is 6.07 Å². The molecule has 1 aromatic carbocycles. The van der Waals surface area contributed by atoms with E-state index in [1.807, 2.05) is 0 Å². The van der Waals surface area contributed by atoms with Crippen LogP contribution in [0.2, 0.25) is 0 Å². The van der Waals surface area contributed by atoms with Crippen LogP contribution in [0, 0.1) is 5.82 Å². The Morgan fingerprint density at radius 2 is 1.89 bits per heavy atom. The smallest absolute Gasteiger partial charge is 0.422 e. The number of aromatic nitrogens is 5. The first-order valence-electron chi connectivity index (χ1n) is 7.82. The minimum atomic E-state index is -4.83. The third kappa shape index (κ3) is 3.28. The molecule has 0 saturated heterocycles. The number of nitrogens with zero attached hydrogens (tertiary/aromatic N) is 5. The molecule has 8 nitrogen and oxygen atoms in total. The van der Waals surface area contributed by atoms with E-state index in [0.29, 0.717) is 5.69 Å². The van der Waals surface area contributed by atoms with Crippen LogP contribution < -0.4 is 15.8 Å². The fourth-order valence-corrected chi connectivity index (χ4v) is 2.76. The van der Waals surface area contributed by atoms with Crippen LogP contribution in [0.1, 0.15) is 5.56 Å². The zero-order valence-corrected chi connectivity index (χ0v) is 15.0. The SMILES string of the molecule is CNc1nc(N)nc(-c2cc(F)c(-c3cnnn3C)cc2OC)c1C(F)(F)F. The summed E-state index contributed by atoms with van der Waals surface area (Å²) in [6.07, 6.45) is -3.51. The van der Waals surface area contributed by atoms with Crippen LogP contribution in [0.3, 0.4) is 0 Å². The predicted molar refractivity (Wildman–Crippen MR) is 92.9 cm³/mol. The van der Waals surface area contributed by atoms with Crippen LogP contribution in [0.4, 0.5) is 29.3 Å². The monoisotopic (exact) mass is 397 g/mol. The van der Waals surface area contributed by atoms with Crippen LogP contribution in [0.25, 0.3) is 22.5 Å². The Bertz CT molecular complexity index is 1030. The van der Waals surface area contributed by atoms with Gasteiger partial charge in [-0.1, -0.05) is 5.21 Å². The second-order valence-electron chi connectivity index (χ2n) is 5.68. The van der Waals surface area contributed by atoms with Gasteiger partial charge in [0.1, 0.15) is 22.9 Å². The van der Waals surface area contributed by atoms with E-state index in [1.54, 1.807) is 7.05 Å². The van der Waals surface area contributed by atoms with Gasteiger partial charge in [-0.15, -0.1) is 5.10 Å². The van der Waals surface area contributed by atoms with Gasteiger partial charge >= 0.3 is 6.18 Å². The number of anilines is 2. The quantitative estimate of drug-likeness (QED) is 0.653. The standard InChI is InChI=1S/C16H15F4N7O/c1-22-14-12(16(18,19)20)13(24-15(21)25-14)8-4-9(17)7(5-11(8)28-3)10-6-23-26-27(10)2/h4-6H,1-3H3,(H3,21,22,24,25). The number of aryl methyl sites for hydroxylation is 1. The van der Waals surface area contributed by atoms with Gasteiger partial charge in [0.25, 0.3) is 0 Å². The predicted octanol–water partition coefficient (Wildman–Crippen LogP) is 2.73. The summed E-state index contributed by atoms with van der Waals surface area (Å²) < 4.78 is 62.4. The van der Waals surface area contributed by atoms with Gasteiger partial charge in [0.15, 0.2) is 0 Å². The lowest BCUT2D eigenvalue weighted by atomic mass is 10.0. The van der Waals surface area contributed by atoms with Crippen molar-refractivity contribution >= 4 is 11.8 Å². The topological polar surface area (TPSA) is 104 Å². The number of nitrogens with two attached hydrogens (primary N) is 1. The van der Waals surface area contributed by atoms with Crippen LogP contribution in [-0.4, -0.2) is 39.1 Å². The fourth-order valence-electron chi connectivity index (χ4n) is 2.76. The van der Waals surface area contributed by atoms with Crippen molar-refractivity contribution in [3.05, 3.63) is 29.7 Å². The number of ether oxygens (including phenoxy) is 1. The zero-order valence-electron chi connectivity index (χ0n) is 15.0. The number of rotatable bonds is 4. The highest BCUT2D eigenvalue weighted by Crippen LogP contribution is 2.44. The molecular weight excluding hydrogens is 382 g/mol. The second kappa shape index (κ2) is 6.94. The zero-order chi connectivity index (χ0) is 20.6. The lowest BCUT2D eigenvalue weighted by Crippen LogP contribution is -2.16. The van der Waals surface area contributed by atoms with Gasteiger partial charge in [-0.05, 0) is 12.1 Å². The van der Waals surface area contributed by atoms with Crippen molar-refractivity contribution in [2.75, 3.05) is 25.2 Å². The van der Waals surface area contributed by atoms with Gasteiger partial charge in [-0.2, -0.15) is 18.2 Å². The number of halogens is 4. The molecule has 3 aromatic rings. The summed E-state index contributed by atoms with van der Waals surface area (Å²) in [4.78, 5) is 7.28. The Balaban J connectivity index is 2.32. The van der Waals surface area contributed by atoms with Crippen LogP contribution >= 0.6 is 0 Å². The summed E-state index contributed by atoms with van der Waals surface area (Å²) in [5.74, 6) is -1.78. The maximum absolute atomic E-state index is 14.8. The number of alkyl halides is 3. The highest BCUT2D eigenvalue weighted by molar-refractivity contribution is 5.78. The molecule has 0 unspecified atom stereocenters. The molecule has 2 aromatic heterocycles. The van der Waals surface area contributed by atoms with Crippen molar-refractivity contribution in [1.29, 1.82) is 0 Å². The van der Waals surface area contributed by atoms with Crippen molar-refractivity contribution in [3.63, 3.8) is 0 Å². The molecule has 0 bridgehead atoms. The minimum absolute atomic E-state index is 0.0387. The number of hydrogen-bond donors (Lipinski definition) is 2. The molecule has 0 saturated carbocycles. The largest absolute Gasteiger partial charge is 0.496 e. The minimum Gasteiger partial charge on any atom is -0.496 e. The summed E-state index contributed by atoms with van der Waals surface area (Å²) in [5, 5.41) is 9.72. The molecule has 3 rings (SSSR count). The maximum Gasteiger partial charge on any atom is 0.422 e. The number of methoxy groups -OCH3 is 1. The fraction of sp³-hybridized carbons (Fsp3) is 0.250. The van der Waals surface area contributed by atoms with Crippen LogP contribution in [0.5, 0.6) is 5.75 Å². The first-order chi connectivity index (χ1) is 13.2. The van der Waals surface area contributed by atoms with Gasteiger partial charge in [-0.3, -0.25) is 0 Å². The van der Waals surface area contributed by atoms with Crippen molar-refractivity contribution in [2.45, 2.75) is 6.18 Å². The highest BCUT2D eigenvalue weighted by atomic mass is 19.4. The van der Waals surface area contributed by atoms with Gasteiger partial charge in [0, 0.05) is 25.2 Å². The van der Waals surface area contributed by atoms with Crippen molar-refractivity contribution in [2.24, 2.45) is 7.05 Å². The number of nitrogens with one attached hydrogen (secondary N) is 1. The summed E-state index contributed by atoms with van der Waals surface area (Å²) in [7, 11) is 4.06. The Labute approximate surface area is 156 Å². The Hall–Kier alpha value is -3.44. The number of hydrogen-bond acceptors (Lipinski definition) is 7. The Morgan fingerprint density at radius 3 is 2.43 bits per heavy atom. The molecule has 0 radical (unpaired) electrons. The van der Waals surface area contributed by atoms with Gasteiger partial charge < -0.3 is 15.8 Å². The van der Waals surface area contributed by atoms with E-state index in [-0.39, 0.29) is 16.9 Å². The lowest BCUT2D eigenvalue weighted by Gasteiger charge is -2.18.